The Balaban J connectivity index is 1.46. The molecule has 1 aliphatic rings. The number of aromatic nitrogens is 1. The first-order valence-electron chi connectivity index (χ1n) is 11.3. The van der Waals surface area contributed by atoms with Crippen LogP contribution in [0.2, 0.25) is 0 Å². The lowest BCUT2D eigenvalue weighted by atomic mass is 10.1. The van der Waals surface area contributed by atoms with Gasteiger partial charge in [0.25, 0.3) is 11.8 Å². The van der Waals surface area contributed by atoms with Crippen LogP contribution in [0.1, 0.15) is 16.9 Å². The fourth-order valence-corrected chi connectivity index (χ4v) is 4.15. The zero-order chi connectivity index (χ0) is 25.2. The van der Waals surface area contributed by atoms with Gasteiger partial charge in [-0.1, -0.05) is 30.3 Å². The van der Waals surface area contributed by atoms with E-state index >= 15 is 0 Å². The van der Waals surface area contributed by atoms with Crippen LogP contribution >= 0.6 is 0 Å². The maximum absolute atomic E-state index is 13.3. The van der Waals surface area contributed by atoms with E-state index in [2.05, 4.69) is 10.6 Å². The maximum Gasteiger partial charge on any atom is 0.335 e. The highest BCUT2D eigenvalue weighted by molar-refractivity contribution is 6.39. The number of benzene rings is 2. The van der Waals surface area contributed by atoms with Crippen LogP contribution in [-0.2, 0) is 27.5 Å². The highest BCUT2D eigenvalue weighted by Gasteiger charge is 2.37. The van der Waals surface area contributed by atoms with Gasteiger partial charge in [0.15, 0.2) is 0 Å². The summed E-state index contributed by atoms with van der Waals surface area (Å²) < 4.78 is 6.98. The third-order valence-corrected chi connectivity index (χ3v) is 5.83. The summed E-state index contributed by atoms with van der Waals surface area (Å²) in [5.74, 6) is -1.08. The van der Waals surface area contributed by atoms with Crippen LogP contribution in [-0.4, -0.2) is 28.3 Å². The number of para-hydroxylation sites is 1. The summed E-state index contributed by atoms with van der Waals surface area (Å²) in [5.41, 5.74) is 2.38. The first-order valence-corrected chi connectivity index (χ1v) is 11.3. The van der Waals surface area contributed by atoms with Gasteiger partial charge in [0.05, 0.1) is 18.5 Å². The molecule has 0 spiro atoms. The van der Waals surface area contributed by atoms with Gasteiger partial charge in [-0.3, -0.25) is 19.7 Å². The smallest absolute Gasteiger partial charge is 0.335 e. The lowest BCUT2D eigenvalue weighted by molar-refractivity contribution is -0.123. The van der Waals surface area contributed by atoms with E-state index in [1.54, 1.807) is 41.1 Å². The zero-order valence-electron chi connectivity index (χ0n) is 19.4. The molecule has 0 radical (unpaired) electrons. The molecule has 0 unspecified atom stereocenters. The monoisotopic (exact) mass is 482 g/mol. The first-order chi connectivity index (χ1) is 17.4. The van der Waals surface area contributed by atoms with Crippen molar-refractivity contribution < 1.29 is 23.6 Å². The number of imide groups is 2. The largest absolute Gasteiger partial charge is 0.467 e. The van der Waals surface area contributed by atoms with E-state index in [1.165, 1.54) is 12.3 Å². The fourth-order valence-electron chi connectivity index (χ4n) is 4.15. The molecule has 0 aliphatic carbocycles. The predicted octanol–water partition coefficient (Wildman–Crippen LogP) is 3.53. The molecular weight excluding hydrogens is 460 g/mol. The molecule has 5 rings (SSSR count). The summed E-state index contributed by atoms with van der Waals surface area (Å²) in [7, 11) is 0. The average Bonchev–Trinajstić information content (AvgIpc) is 3.49. The van der Waals surface area contributed by atoms with Gasteiger partial charge < -0.3 is 14.3 Å². The van der Waals surface area contributed by atoms with Crippen molar-refractivity contribution in [3.05, 3.63) is 95.6 Å². The molecule has 1 aliphatic heterocycles. The molecule has 9 nitrogen and oxygen atoms in total. The topological polar surface area (TPSA) is 114 Å². The normalized spacial score (nSPS) is 15.0. The standard InChI is InChI=1S/C27H22N4O5/c1-17-6-4-7-19(12-17)31-26(34)22(25(33)29-27(31)35)13-18-15-30(23-10-3-2-9-21(18)23)16-24(32)28-14-20-8-5-11-36-20/h2-13,15H,14,16H2,1H3,(H,28,32)(H,29,33,35). The Morgan fingerprint density at radius 1 is 1.06 bits per heavy atom. The number of nitrogens with one attached hydrogen (secondary N) is 2. The molecule has 4 aromatic rings. The molecular formula is C27H22N4O5. The van der Waals surface area contributed by atoms with Crippen LogP contribution in [0.25, 0.3) is 17.0 Å². The Hall–Kier alpha value is -4.92. The van der Waals surface area contributed by atoms with Crippen molar-refractivity contribution in [2.75, 3.05) is 4.90 Å². The highest BCUT2D eigenvalue weighted by Crippen LogP contribution is 2.27. The Labute approximate surface area is 206 Å². The SMILES string of the molecule is Cc1cccc(N2C(=O)NC(=O)C(=Cc3cn(CC(=O)NCc4ccco4)c4ccccc34)C2=O)c1. The second-order valence-corrected chi connectivity index (χ2v) is 8.38. The molecule has 2 aromatic carbocycles. The predicted molar refractivity (Wildman–Crippen MR) is 133 cm³/mol. The molecule has 1 fully saturated rings. The molecule has 2 N–H and O–H groups in total. The van der Waals surface area contributed by atoms with Gasteiger partial charge in [-0.2, -0.15) is 0 Å². The second-order valence-electron chi connectivity index (χ2n) is 8.38. The minimum atomic E-state index is -0.802. The van der Waals surface area contributed by atoms with E-state index in [-0.39, 0.29) is 24.6 Å². The number of urea groups is 1. The molecule has 36 heavy (non-hydrogen) atoms. The maximum atomic E-state index is 13.3. The number of hydrogen-bond acceptors (Lipinski definition) is 5. The van der Waals surface area contributed by atoms with Crippen molar-refractivity contribution >= 4 is 46.4 Å². The fraction of sp³-hybridized carbons (Fsp3) is 0.111. The van der Waals surface area contributed by atoms with Crippen molar-refractivity contribution in [3.8, 4) is 0 Å². The number of rotatable bonds is 6. The molecule has 1 saturated heterocycles. The van der Waals surface area contributed by atoms with Crippen molar-refractivity contribution in [2.24, 2.45) is 0 Å². The number of furan rings is 1. The van der Waals surface area contributed by atoms with E-state index in [0.717, 1.165) is 21.4 Å². The average molecular weight is 482 g/mol. The Morgan fingerprint density at radius 2 is 1.89 bits per heavy atom. The van der Waals surface area contributed by atoms with E-state index in [9.17, 15) is 19.2 Å². The number of anilines is 1. The van der Waals surface area contributed by atoms with Crippen molar-refractivity contribution in [3.63, 3.8) is 0 Å². The van der Waals surface area contributed by atoms with Crippen LogP contribution < -0.4 is 15.5 Å². The minimum absolute atomic E-state index is 0.0262. The number of carbonyl (C=O) groups excluding carboxylic acids is 4. The number of carbonyl (C=O) groups is 4. The van der Waals surface area contributed by atoms with Gasteiger partial charge in [-0.25, -0.2) is 9.69 Å². The lowest BCUT2D eigenvalue weighted by Crippen LogP contribution is -2.54. The number of barbiturate groups is 1. The first kappa shape index (κ1) is 22.9. The van der Waals surface area contributed by atoms with Gasteiger partial charge in [0.2, 0.25) is 5.91 Å². The lowest BCUT2D eigenvalue weighted by Gasteiger charge is -2.26. The molecule has 2 aromatic heterocycles. The summed E-state index contributed by atoms with van der Waals surface area (Å²) in [6, 6.07) is 17.0. The van der Waals surface area contributed by atoms with E-state index in [4.69, 9.17) is 4.42 Å². The third kappa shape index (κ3) is 4.41. The number of nitrogens with zero attached hydrogens (tertiary/aromatic N) is 2. The molecule has 5 amide bonds. The van der Waals surface area contributed by atoms with Crippen molar-refractivity contribution in [1.29, 1.82) is 0 Å². The van der Waals surface area contributed by atoms with Crippen LogP contribution in [0.15, 0.2) is 83.1 Å². The molecule has 180 valence electrons. The summed E-state index contributed by atoms with van der Waals surface area (Å²) in [6.45, 7) is 2.13. The van der Waals surface area contributed by atoms with Gasteiger partial charge in [-0.15, -0.1) is 0 Å². The Morgan fingerprint density at radius 3 is 2.67 bits per heavy atom. The minimum Gasteiger partial charge on any atom is -0.467 e. The van der Waals surface area contributed by atoms with Crippen molar-refractivity contribution in [2.45, 2.75) is 20.0 Å². The van der Waals surface area contributed by atoms with Crippen LogP contribution in [0.5, 0.6) is 0 Å². The zero-order valence-corrected chi connectivity index (χ0v) is 19.4. The van der Waals surface area contributed by atoms with Gasteiger partial charge >= 0.3 is 6.03 Å². The molecule has 0 saturated carbocycles. The summed E-state index contributed by atoms with van der Waals surface area (Å²) in [6.07, 6.45) is 4.70. The number of amides is 5. The summed E-state index contributed by atoms with van der Waals surface area (Å²) >= 11 is 0. The van der Waals surface area contributed by atoms with E-state index < -0.39 is 17.8 Å². The third-order valence-electron chi connectivity index (χ3n) is 5.83. The number of hydrogen-bond donors (Lipinski definition) is 2. The second kappa shape index (κ2) is 9.38. The summed E-state index contributed by atoms with van der Waals surface area (Å²) in [5, 5.41) is 5.80. The summed E-state index contributed by atoms with van der Waals surface area (Å²) in [4.78, 5) is 51.9. The Kier molecular flexibility index (Phi) is 5.95. The Bertz CT molecular complexity index is 1530. The van der Waals surface area contributed by atoms with Gasteiger partial charge in [-0.05, 0) is 48.9 Å². The van der Waals surface area contributed by atoms with Crippen LogP contribution in [0.3, 0.4) is 0 Å². The molecule has 3 heterocycles. The molecule has 9 heteroatoms. The van der Waals surface area contributed by atoms with Gasteiger partial charge in [0.1, 0.15) is 17.9 Å². The molecule has 0 bridgehead atoms. The van der Waals surface area contributed by atoms with Crippen molar-refractivity contribution in [1.82, 2.24) is 15.2 Å². The highest BCUT2D eigenvalue weighted by atomic mass is 16.3. The van der Waals surface area contributed by atoms with Crippen LogP contribution in [0.4, 0.5) is 10.5 Å². The van der Waals surface area contributed by atoms with Crippen LogP contribution in [0, 0.1) is 6.92 Å². The van der Waals surface area contributed by atoms with E-state index in [0.29, 0.717) is 17.0 Å². The quantitative estimate of drug-likeness (QED) is 0.322. The van der Waals surface area contributed by atoms with Gasteiger partial charge in [0, 0.05) is 22.7 Å². The number of fused-ring (bicyclic) bond motifs is 1. The molecule has 0 atom stereocenters. The number of aryl methyl sites for hydroxylation is 1. The van der Waals surface area contributed by atoms with E-state index in [1.807, 2.05) is 37.3 Å².